The minimum Gasteiger partial charge on any atom is -0.445 e. The highest BCUT2D eigenvalue weighted by molar-refractivity contribution is 7.84. The first-order valence-corrected chi connectivity index (χ1v) is 7.93. The van der Waals surface area contributed by atoms with Gasteiger partial charge in [0.05, 0.1) is 0 Å². The molecule has 1 fully saturated rings. The van der Waals surface area contributed by atoms with Crippen LogP contribution in [0.15, 0.2) is 30.3 Å². The summed E-state index contributed by atoms with van der Waals surface area (Å²) in [6.45, 7) is -0.0939. The molecule has 0 aromatic heterocycles. The zero-order chi connectivity index (χ0) is 17.9. The number of nitrogens with one attached hydrogen (secondary N) is 2. The van der Waals surface area contributed by atoms with Gasteiger partial charge in [0, 0.05) is 0 Å². The van der Waals surface area contributed by atoms with E-state index in [0.29, 0.717) is 5.56 Å². The zero-order valence-electron chi connectivity index (χ0n) is 12.1. The lowest BCUT2D eigenvalue weighted by molar-refractivity contribution is -0.150. The van der Waals surface area contributed by atoms with Crippen molar-refractivity contribution in [2.24, 2.45) is 5.84 Å². The molecule has 2 atom stereocenters. The molecular formula is C12H14N4O7S. The second-order valence-electron chi connectivity index (χ2n) is 4.75. The number of nitrogens with two attached hydrogens (primary N) is 1. The molecule has 24 heavy (non-hydrogen) atoms. The molecule has 1 saturated heterocycles. The van der Waals surface area contributed by atoms with Gasteiger partial charge in [0.15, 0.2) is 6.04 Å². The third kappa shape index (κ3) is 3.61. The van der Waals surface area contributed by atoms with E-state index in [2.05, 4.69) is 5.32 Å². The summed E-state index contributed by atoms with van der Waals surface area (Å²) < 4.78 is 35.9. The van der Waals surface area contributed by atoms with E-state index in [4.69, 9.17) is 15.1 Å². The minimum atomic E-state index is -4.97. The molecule has 11 nitrogen and oxygen atoms in total. The molecule has 1 aliphatic heterocycles. The summed E-state index contributed by atoms with van der Waals surface area (Å²) in [4.78, 5) is 35.0. The highest BCUT2D eigenvalue weighted by Crippen LogP contribution is 2.23. The Hall–Kier alpha value is -2.70. The lowest BCUT2D eigenvalue weighted by Crippen LogP contribution is -2.76. The summed E-state index contributed by atoms with van der Waals surface area (Å²) in [6, 6.07) is 5.41. The van der Waals surface area contributed by atoms with Crippen molar-refractivity contribution in [2.45, 2.75) is 18.7 Å². The first-order chi connectivity index (χ1) is 11.3. The van der Waals surface area contributed by atoms with E-state index in [1.54, 1.807) is 35.8 Å². The molecule has 0 unspecified atom stereocenters. The number of β-lactam (4-membered cyclic amide) rings is 1. The minimum absolute atomic E-state index is 0.0860. The molecule has 1 aromatic rings. The van der Waals surface area contributed by atoms with E-state index in [1.165, 1.54) is 0 Å². The van der Waals surface area contributed by atoms with Crippen molar-refractivity contribution in [2.75, 3.05) is 0 Å². The number of hydrazine groups is 1. The number of benzene rings is 1. The average molecular weight is 358 g/mol. The van der Waals surface area contributed by atoms with Crippen molar-refractivity contribution in [1.82, 2.24) is 15.0 Å². The third-order valence-electron chi connectivity index (χ3n) is 3.20. The van der Waals surface area contributed by atoms with E-state index in [0.717, 1.165) is 0 Å². The molecule has 1 aliphatic rings. The summed E-state index contributed by atoms with van der Waals surface area (Å²) >= 11 is 0. The molecule has 0 spiro atoms. The van der Waals surface area contributed by atoms with Crippen molar-refractivity contribution in [3.05, 3.63) is 35.9 Å². The third-order valence-corrected chi connectivity index (χ3v) is 4.10. The first-order valence-electron chi connectivity index (χ1n) is 6.54. The maximum Gasteiger partial charge on any atom is 0.408 e. The second-order valence-corrected chi connectivity index (χ2v) is 6.04. The van der Waals surface area contributed by atoms with Gasteiger partial charge in [-0.05, 0) is 5.56 Å². The average Bonchev–Trinajstić information content (AvgIpc) is 2.54. The molecule has 2 rings (SSSR count). The van der Waals surface area contributed by atoms with E-state index in [1.807, 2.05) is 0 Å². The molecule has 0 radical (unpaired) electrons. The van der Waals surface area contributed by atoms with Gasteiger partial charge >= 0.3 is 16.4 Å². The number of hydrogen-bond acceptors (Lipinski definition) is 7. The fourth-order valence-corrected chi connectivity index (χ4v) is 2.94. The van der Waals surface area contributed by atoms with Crippen molar-refractivity contribution in [1.29, 1.82) is 0 Å². The second kappa shape index (κ2) is 6.82. The first kappa shape index (κ1) is 17.7. The summed E-state index contributed by atoms with van der Waals surface area (Å²) in [6.07, 6.45) is -1.04. The number of nitrogens with zero attached hydrogens (tertiary/aromatic N) is 1. The molecule has 5 N–H and O–H groups in total. The van der Waals surface area contributed by atoms with Crippen LogP contribution in [0.4, 0.5) is 4.79 Å². The van der Waals surface area contributed by atoms with Crippen molar-refractivity contribution < 1.29 is 32.1 Å². The van der Waals surface area contributed by atoms with E-state index in [-0.39, 0.29) is 10.9 Å². The molecule has 0 aliphatic carbocycles. The molecular weight excluding hydrogens is 344 g/mol. The Bertz CT molecular complexity index is 752. The summed E-state index contributed by atoms with van der Waals surface area (Å²) in [5.74, 6) is 2.63. The molecule has 0 saturated carbocycles. The Labute approximate surface area is 136 Å². The number of hydrogen-bond donors (Lipinski definition) is 4. The summed E-state index contributed by atoms with van der Waals surface area (Å²) in [5, 5.41) is 2.06. The van der Waals surface area contributed by atoms with Crippen molar-refractivity contribution in [3.8, 4) is 0 Å². The largest absolute Gasteiger partial charge is 0.445 e. The van der Waals surface area contributed by atoms with Gasteiger partial charge in [-0.3, -0.25) is 19.6 Å². The highest BCUT2D eigenvalue weighted by Gasteiger charge is 2.57. The zero-order valence-corrected chi connectivity index (χ0v) is 12.9. The van der Waals surface area contributed by atoms with Crippen molar-refractivity contribution in [3.63, 3.8) is 0 Å². The highest BCUT2D eigenvalue weighted by atomic mass is 32.2. The smallest absolute Gasteiger partial charge is 0.408 e. The van der Waals surface area contributed by atoms with Crippen LogP contribution in [0, 0.1) is 0 Å². The molecule has 0 bridgehead atoms. The molecule has 1 aromatic carbocycles. The van der Waals surface area contributed by atoms with Gasteiger partial charge in [0.1, 0.15) is 12.6 Å². The van der Waals surface area contributed by atoms with Gasteiger partial charge in [-0.1, -0.05) is 30.3 Å². The molecule has 12 heteroatoms. The molecule has 1 heterocycles. The van der Waals surface area contributed by atoms with Crippen LogP contribution in [0.2, 0.25) is 0 Å². The fourth-order valence-electron chi connectivity index (χ4n) is 2.10. The van der Waals surface area contributed by atoms with Crippen LogP contribution in [0.25, 0.3) is 0 Å². The number of carbonyl (C=O) groups excluding carboxylic acids is 3. The Morgan fingerprint density at radius 2 is 1.92 bits per heavy atom. The number of carbonyl (C=O) groups is 3. The Morgan fingerprint density at radius 1 is 1.29 bits per heavy atom. The van der Waals surface area contributed by atoms with Crippen LogP contribution < -0.4 is 16.6 Å². The standard InChI is InChI=1S/C12H14N4O7S/c13-15-10(17)9-8(11(18)16(9)24(20,21)22)14-12(19)23-6-7-4-2-1-3-5-7/h1-5,8-9H,6,13H2,(H,14,19)(H,15,17)(H,20,21,22)/t8-,9-/m1/s1. The van der Waals surface area contributed by atoms with Crippen LogP contribution in [0.5, 0.6) is 0 Å². The van der Waals surface area contributed by atoms with Gasteiger partial charge in [-0.25, -0.2) is 10.6 Å². The van der Waals surface area contributed by atoms with Gasteiger partial charge in [-0.15, -0.1) is 0 Å². The van der Waals surface area contributed by atoms with Gasteiger partial charge < -0.3 is 10.1 Å². The SMILES string of the molecule is NNC(=O)[C@H]1[C@@H](NC(=O)OCc2ccccc2)C(=O)N1S(=O)(=O)O. The maximum atomic E-state index is 11.7. The van der Waals surface area contributed by atoms with Gasteiger partial charge in [0.2, 0.25) is 0 Å². The topological polar surface area (TPSA) is 168 Å². The number of rotatable bonds is 5. The van der Waals surface area contributed by atoms with Crippen LogP contribution in [0.3, 0.4) is 0 Å². The van der Waals surface area contributed by atoms with E-state index >= 15 is 0 Å². The number of amides is 3. The van der Waals surface area contributed by atoms with Crippen LogP contribution in [-0.4, -0.2) is 47.3 Å². The summed E-state index contributed by atoms with van der Waals surface area (Å²) in [7, 11) is -4.97. The van der Waals surface area contributed by atoms with Gasteiger partial charge in [-0.2, -0.15) is 12.7 Å². The normalized spacial score (nSPS) is 20.1. The Balaban J connectivity index is 2.01. The Kier molecular flexibility index (Phi) is 5.02. The number of alkyl carbamates (subject to hydrolysis) is 1. The quantitative estimate of drug-likeness (QED) is 0.158. The van der Waals surface area contributed by atoms with Gasteiger partial charge in [0.25, 0.3) is 11.8 Å². The monoisotopic (exact) mass is 358 g/mol. The molecule has 130 valence electrons. The maximum absolute atomic E-state index is 11.7. The summed E-state index contributed by atoms with van der Waals surface area (Å²) in [5.41, 5.74) is 2.33. The molecule has 3 amide bonds. The van der Waals surface area contributed by atoms with Crippen LogP contribution in [0.1, 0.15) is 5.56 Å². The predicted molar refractivity (Wildman–Crippen MR) is 78.1 cm³/mol. The van der Waals surface area contributed by atoms with E-state index in [9.17, 15) is 22.8 Å². The Morgan fingerprint density at radius 3 is 2.46 bits per heavy atom. The predicted octanol–water partition coefficient (Wildman–Crippen LogP) is -1.72. The van der Waals surface area contributed by atoms with E-state index < -0.39 is 40.3 Å². The van der Waals surface area contributed by atoms with Crippen LogP contribution >= 0.6 is 0 Å². The van der Waals surface area contributed by atoms with Crippen molar-refractivity contribution >= 4 is 28.2 Å². The number of ether oxygens (including phenoxy) is 1. The van der Waals surface area contributed by atoms with Crippen LogP contribution in [-0.2, 0) is 31.2 Å². The fraction of sp³-hybridized carbons (Fsp3) is 0.250. The lowest BCUT2D eigenvalue weighted by Gasteiger charge is -2.42. The lowest BCUT2D eigenvalue weighted by atomic mass is 9.98.